The Morgan fingerprint density at radius 1 is 1.28 bits per heavy atom. The molecule has 3 heteroatoms. The quantitative estimate of drug-likeness (QED) is 0.898. The van der Waals surface area contributed by atoms with E-state index in [2.05, 4.69) is 34.1 Å². The van der Waals surface area contributed by atoms with Gasteiger partial charge in [-0.2, -0.15) is 0 Å². The Morgan fingerprint density at radius 3 is 3.06 bits per heavy atom. The second kappa shape index (κ2) is 4.94. The normalized spacial score (nSPS) is 19.6. The van der Waals surface area contributed by atoms with Gasteiger partial charge in [-0.15, -0.1) is 0 Å². The zero-order chi connectivity index (χ0) is 12.4. The molecule has 0 amide bonds. The fourth-order valence-electron chi connectivity index (χ4n) is 2.83. The molecule has 1 N–H and O–H groups in total. The predicted molar refractivity (Wildman–Crippen MR) is 73.8 cm³/mol. The van der Waals surface area contributed by atoms with Crippen LogP contribution in [0.3, 0.4) is 0 Å². The fraction of sp³-hybridized carbons (Fsp3) is 0.400. The third-order valence-corrected chi connectivity index (χ3v) is 3.79. The number of para-hydroxylation sites is 1. The van der Waals surface area contributed by atoms with Gasteiger partial charge in [-0.25, -0.2) is 0 Å². The first-order valence-electron chi connectivity index (χ1n) is 6.58. The average molecular weight is 242 g/mol. The number of hydrogen-bond donors (Lipinski definition) is 1. The van der Waals surface area contributed by atoms with E-state index in [4.69, 9.17) is 5.11 Å². The number of nitrogens with zero attached hydrogens (tertiary/aromatic N) is 2. The lowest BCUT2D eigenvalue weighted by Gasteiger charge is -2.20. The maximum Gasteiger partial charge on any atom is 0.0722 e. The third kappa shape index (κ3) is 2.06. The van der Waals surface area contributed by atoms with Crippen molar-refractivity contribution in [1.82, 2.24) is 4.98 Å². The second-order valence-corrected chi connectivity index (χ2v) is 4.96. The Hall–Kier alpha value is -1.61. The van der Waals surface area contributed by atoms with Crippen LogP contribution in [0, 0.1) is 5.92 Å². The molecule has 3 rings (SSSR count). The highest BCUT2D eigenvalue weighted by Gasteiger charge is 2.23. The van der Waals surface area contributed by atoms with Crippen molar-refractivity contribution in [2.24, 2.45) is 5.92 Å². The molecule has 1 aromatic carbocycles. The number of hydrogen-bond acceptors (Lipinski definition) is 3. The molecule has 94 valence electrons. The number of rotatable bonds is 3. The van der Waals surface area contributed by atoms with E-state index in [-0.39, 0.29) is 0 Å². The Morgan fingerprint density at radius 2 is 2.17 bits per heavy atom. The highest BCUT2D eigenvalue weighted by atomic mass is 16.3. The minimum absolute atomic E-state index is 0.301. The topological polar surface area (TPSA) is 36.4 Å². The number of pyridine rings is 1. The zero-order valence-electron chi connectivity index (χ0n) is 10.4. The van der Waals surface area contributed by atoms with Crippen molar-refractivity contribution in [3.63, 3.8) is 0 Å². The molecule has 1 unspecified atom stereocenters. The summed E-state index contributed by atoms with van der Waals surface area (Å²) in [6.07, 6.45) is 3.98. The Bertz CT molecular complexity index is 536. The van der Waals surface area contributed by atoms with E-state index < -0.39 is 0 Å². The van der Waals surface area contributed by atoms with Crippen LogP contribution in [-0.4, -0.2) is 29.8 Å². The molecule has 1 aliphatic heterocycles. The summed E-state index contributed by atoms with van der Waals surface area (Å²) in [5.41, 5.74) is 2.33. The molecule has 3 nitrogen and oxygen atoms in total. The molecule has 0 radical (unpaired) electrons. The van der Waals surface area contributed by atoms with Crippen LogP contribution in [0.4, 0.5) is 5.69 Å². The summed E-state index contributed by atoms with van der Waals surface area (Å²) in [5, 5.41) is 10.3. The van der Waals surface area contributed by atoms with Gasteiger partial charge < -0.3 is 10.0 Å². The number of anilines is 1. The lowest BCUT2D eigenvalue weighted by Crippen LogP contribution is -2.20. The number of aliphatic hydroxyl groups excluding tert-OH is 1. The Kier molecular flexibility index (Phi) is 3.15. The molecule has 1 saturated heterocycles. The van der Waals surface area contributed by atoms with Crippen molar-refractivity contribution in [3.8, 4) is 0 Å². The van der Waals surface area contributed by atoms with Crippen LogP contribution in [-0.2, 0) is 0 Å². The molecule has 2 heterocycles. The standard InChI is InChI=1S/C15H18N2O/c18-10-7-12-6-9-17(11-12)15-5-8-16-14-4-2-1-3-13(14)15/h1-5,8,12,18H,6-7,9-11H2. The van der Waals surface area contributed by atoms with Crippen LogP contribution in [0.1, 0.15) is 12.8 Å². The van der Waals surface area contributed by atoms with Crippen molar-refractivity contribution < 1.29 is 5.11 Å². The SMILES string of the molecule is OCCC1CCN(c2ccnc3ccccc23)C1. The molecule has 2 aromatic rings. The van der Waals surface area contributed by atoms with E-state index in [9.17, 15) is 0 Å². The molecule has 1 aromatic heterocycles. The number of benzene rings is 1. The van der Waals surface area contributed by atoms with Gasteiger partial charge in [0.1, 0.15) is 0 Å². The Balaban J connectivity index is 1.91. The van der Waals surface area contributed by atoms with Gasteiger partial charge in [0.25, 0.3) is 0 Å². The molecular weight excluding hydrogens is 224 g/mol. The number of aromatic nitrogens is 1. The summed E-state index contributed by atoms with van der Waals surface area (Å²) >= 11 is 0. The van der Waals surface area contributed by atoms with Gasteiger partial charge >= 0.3 is 0 Å². The molecule has 1 fully saturated rings. The zero-order valence-corrected chi connectivity index (χ0v) is 10.4. The van der Waals surface area contributed by atoms with Gasteiger partial charge in [-0.05, 0) is 30.9 Å². The van der Waals surface area contributed by atoms with Gasteiger partial charge in [0.2, 0.25) is 0 Å². The van der Waals surface area contributed by atoms with Crippen LogP contribution in [0.15, 0.2) is 36.5 Å². The minimum atomic E-state index is 0.301. The highest BCUT2D eigenvalue weighted by molar-refractivity contribution is 5.91. The van der Waals surface area contributed by atoms with Crippen LogP contribution < -0.4 is 4.90 Å². The van der Waals surface area contributed by atoms with E-state index >= 15 is 0 Å². The molecular formula is C15H18N2O. The average Bonchev–Trinajstić information content (AvgIpc) is 2.87. The van der Waals surface area contributed by atoms with Crippen molar-refractivity contribution >= 4 is 16.6 Å². The first-order chi connectivity index (χ1) is 8.88. The summed E-state index contributed by atoms with van der Waals surface area (Å²) in [4.78, 5) is 6.82. The third-order valence-electron chi connectivity index (χ3n) is 3.79. The van der Waals surface area contributed by atoms with Gasteiger partial charge in [0.15, 0.2) is 0 Å². The maximum atomic E-state index is 9.03. The summed E-state index contributed by atoms with van der Waals surface area (Å²) in [5.74, 6) is 0.627. The monoisotopic (exact) mass is 242 g/mol. The summed E-state index contributed by atoms with van der Waals surface area (Å²) in [6.45, 7) is 2.43. The summed E-state index contributed by atoms with van der Waals surface area (Å²) < 4.78 is 0. The lowest BCUT2D eigenvalue weighted by molar-refractivity contribution is 0.263. The fourth-order valence-corrected chi connectivity index (χ4v) is 2.83. The van der Waals surface area contributed by atoms with Gasteiger partial charge in [0, 0.05) is 37.0 Å². The van der Waals surface area contributed by atoms with Gasteiger partial charge in [0.05, 0.1) is 5.52 Å². The smallest absolute Gasteiger partial charge is 0.0722 e. The Labute approximate surface area is 107 Å². The van der Waals surface area contributed by atoms with E-state index in [0.29, 0.717) is 12.5 Å². The summed E-state index contributed by atoms with van der Waals surface area (Å²) in [7, 11) is 0. The molecule has 0 bridgehead atoms. The first kappa shape index (κ1) is 11.5. The van der Waals surface area contributed by atoms with Crippen LogP contribution >= 0.6 is 0 Å². The lowest BCUT2D eigenvalue weighted by atomic mass is 10.1. The van der Waals surface area contributed by atoms with Gasteiger partial charge in [-0.3, -0.25) is 4.98 Å². The minimum Gasteiger partial charge on any atom is -0.396 e. The maximum absolute atomic E-state index is 9.03. The van der Waals surface area contributed by atoms with Crippen LogP contribution in [0.5, 0.6) is 0 Å². The molecule has 0 saturated carbocycles. The first-order valence-corrected chi connectivity index (χ1v) is 6.58. The van der Waals surface area contributed by atoms with E-state index in [0.717, 1.165) is 25.0 Å². The highest BCUT2D eigenvalue weighted by Crippen LogP contribution is 2.30. The summed E-state index contributed by atoms with van der Waals surface area (Å²) in [6, 6.07) is 10.4. The number of aliphatic hydroxyl groups is 1. The molecule has 1 atom stereocenters. The molecule has 1 aliphatic rings. The van der Waals surface area contributed by atoms with E-state index in [1.54, 1.807) is 0 Å². The van der Waals surface area contributed by atoms with E-state index in [1.165, 1.54) is 17.5 Å². The molecule has 0 spiro atoms. The van der Waals surface area contributed by atoms with E-state index in [1.807, 2.05) is 12.3 Å². The predicted octanol–water partition coefficient (Wildman–Crippen LogP) is 2.44. The second-order valence-electron chi connectivity index (χ2n) is 4.96. The largest absolute Gasteiger partial charge is 0.396 e. The molecule has 18 heavy (non-hydrogen) atoms. The van der Waals surface area contributed by atoms with Gasteiger partial charge in [-0.1, -0.05) is 18.2 Å². The van der Waals surface area contributed by atoms with Crippen molar-refractivity contribution in [1.29, 1.82) is 0 Å². The van der Waals surface area contributed by atoms with Crippen LogP contribution in [0.2, 0.25) is 0 Å². The van der Waals surface area contributed by atoms with Crippen LogP contribution in [0.25, 0.3) is 10.9 Å². The van der Waals surface area contributed by atoms with Crippen molar-refractivity contribution in [2.45, 2.75) is 12.8 Å². The van der Waals surface area contributed by atoms with Crippen molar-refractivity contribution in [2.75, 3.05) is 24.6 Å². The number of fused-ring (bicyclic) bond motifs is 1. The molecule has 0 aliphatic carbocycles. The van der Waals surface area contributed by atoms with Crippen molar-refractivity contribution in [3.05, 3.63) is 36.5 Å².